The molecule has 98 valence electrons. The standard InChI is InChI=1S/C13H12N2O3S/c1-7-10(13(17)18)12(15-8(2)16)19-11(7)9-3-5-14-6-4-9/h3-6H,1-2H3,(H,15,16)(H,17,18). The van der Waals surface area contributed by atoms with E-state index in [-0.39, 0.29) is 11.5 Å². The Kier molecular flexibility index (Phi) is 3.62. The van der Waals surface area contributed by atoms with E-state index in [2.05, 4.69) is 10.3 Å². The number of carbonyl (C=O) groups is 2. The quantitative estimate of drug-likeness (QED) is 0.903. The van der Waals surface area contributed by atoms with Gasteiger partial charge in [-0.15, -0.1) is 11.3 Å². The number of aromatic carboxylic acids is 1. The van der Waals surface area contributed by atoms with Gasteiger partial charge in [0.2, 0.25) is 5.91 Å². The smallest absolute Gasteiger partial charge is 0.339 e. The van der Waals surface area contributed by atoms with E-state index in [1.165, 1.54) is 18.3 Å². The number of hydrogen-bond donors (Lipinski definition) is 2. The number of rotatable bonds is 3. The highest BCUT2D eigenvalue weighted by Gasteiger charge is 2.21. The zero-order valence-electron chi connectivity index (χ0n) is 10.4. The van der Waals surface area contributed by atoms with Crippen LogP contribution >= 0.6 is 11.3 Å². The van der Waals surface area contributed by atoms with Crippen LogP contribution in [0, 0.1) is 6.92 Å². The number of hydrogen-bond acceptors (Lipinski definition) is 4. The predicted molar refractivity (Wildman–Crippen MR) is 73.6 cm³/mol. The van der Waals surface area contributed by atoms with Crippen molar-refractivity contribution < 1.29 is 14.7 Å². The van der Waals surface area contributed by atoms with Gasteiger partial charge in [0.1, 0.15) is 5.00 Å². The molecule has 0 unspecified atom stereocenters. The van der Waals surface area contributed by atoms with Gasteiger partial charge in [0.15, 0.2) is 0 Å². The average Bonchev–Trinajstić information content (AvgIpc) is 2.66. The zero-order chi connectivity index (χ0) is 14.0. The summed E-state index contributed by atoms with van der Waals surface area (Å²) in [5.74, 6) is -1.33. The Balaban J connectivity index is 2.58. The van der Waals surface area contributed by atoms with Crippen LogP contribution in [0.5, 0.6) is 0 Å². The van der Waals surface area contributed by atoms with Crippen molar-refractivity contribution in [3.8, 4) is 10.4 Å². The summed E-state index contributed by atoms with van der Waals surface area (Å²) in [6.07, 6.45) is 3.29. The van der Waals surface area contributed by atoms with Gasteiger partial charge >= 0.3 is 5.97 Å². The Hall–Kier alpha value is -2.21. The van der Waals surface area contributed by atoms with E-state index in [9.17, 15) is 14.7 Å². The molecular formula is C13H12N2O3S. The second-order valence-electron chi connectivity index (χ2n) is 3.98. The van der Waals surface area contributed by atoms with Crippen molar-refractivity contribution >= 4 is 28.2 Å². The van der Waals surface area contributed by atoms with E-state index in [0.29, 0.717) is 10.6 Å². The van der Waals surface area contributed by atoms with Crippen LogP contribution < -0.4 is 5.32 Å². The van der Waals surface area contributed by atoms with Crippen molar-refractivity contribution in [3.63, 3.8) is 0 Å². The Morgan fingerprint density at radius 2 is 1.95 bits per heavy atom. The first kappa shape index (κ1) is 13.2. The van der Waals surface area contributed by atoms with Gasteiger partial charge < -0.3 is 10.4 Å². The molecule has 0 saturated heterocycles. The van der Waals surface area contributed by atoms with Gasteiger partial charge in [-0.05, 0) is 30.2 Å². The fraction of sp³-hybridized carbons (Fsp3) is 0.154. The highest BCUT2D eigenvalue weighted by Crippen LogP contribution is 2.39. The molecule has 19 heavy (non-hydrogen) atoms. The number of carboxylic acids is 1. The van der Waals surface area contributed by atoms with Crippen LogP contribution in [0.3, 0.4) is 0 Å². The van der Waals surface area contributed by atoms with Crippen molar-refractivity contribution in [3.05, 3.63) is 35.7 Å². The molecule has 0 aromatic carbocycles. The summed E-state index contributed by atoms with van der Waals surface area (Å²) < 4.78 is 0. The molecule has 2 heterocycles. The Morgan fingerprint density at radius 3 is 2.47 bits per heavy atom. The highest BCUT2D eigenvalue weighted by molar-refractivity contribution is 7.20. The molecule has 0 aliphatic carbocycles. The number of amides is 1. The third kappa shape index (κ3) is 2.63. The van der Waals surface area contributed by atoms with E-state index in [4.69, 9.17) is 0 Å². The Morgan fingerprint density at radius 1 is 1.32 bits per heavy atom. The molecule has 0 aliphatic rings. The van der Waals surface area contributed by atoms with Crippen LogP contribution in [-0.2, 0) is 4.79 Å². The summed E-state index contributed by atoms with van der Waals surface area (Å²) in [7, 11) is 0. The highest BCUT2D eigenvalue weighted by atomic mass is 32.1. The Bertz CT molecular complexity index is 635. The second-order valence-corrected chi connectivity index (χ2v) is 5.00. The van der Waals surface area contributed by atoms with Crippen molar-refractivity contribution in [1.29, 1.82) is 0 Å². The number of carboxylic acid groups (broad SMARTS) is 1. The maximum absolute atomic E-state index is 11.3. The molecular weight excluding hydrogens is 264 g/mol. The first-order valence-electron chi connectivity index (χ1n) is 5.55. The minimum absolute atomic E-state index is 0.145. The molecule has 0 saturated carbocycles. The molecule has 2 aromatic heterocycles. The number of nitrogens with zero attached hydrogens (tertiary/aromatic N) is 1. The van der Waals surface area contributed by atoms with E-state index in [1.807, 2.05) is 12.1 Å². The van der Waals surface area contributed by atoms with Gasteiger partial charge in [0, 0.05) is 24.2 Å². The van der Waals surface area contributed by atoms with E-state index in [1.54, 1.807) is 19.3 Å². The second kappa shape index (κ2) is 5.19. The van der Waals surface area contributed by atoms with Gasteiger partial charge in [-0.25, -0.2) is 4.79 Å². The van der Waals surface area contributed by atoms with Gasteiger partial charge in [-0.1, -0.05) is 0 Å². The van der Waals surface area contributed by atoms with Crippen LogP contribution in [0.4, 0.5) is 5.00 Å². The summed E-state index contributed by atoms with van der Waals surface area (Å²) >= 11 is 1.26. The number of aromatic nitrogens is 1. The zero-order valence-corrected chi connectivity index (χ0v) is 11.2. The third-order valence-electron chi connectivity index (χ3n) is 2.59. The number of carbonyl (C=O) groups excluding carboxylic acids is 1. The lowest BCUT2D eigenvalue weighted by molar-refractivity contribution is -0.114. The van der Waals surface area contributed by atoms with Gasteiger partial charge in [0.05, 0.1) is 5.56 Å². The van der Waals surface area contributed by atoms with Crippen molar-refractivity contribution in [1.82, 2.24) is 4.98 Å². The summed E-state index contributed by atoms with van der Waals surface area (Å²) in [6, 6.07) is 3.62. The lowest BCUT2D eigenvalue weighted by atomic mass is 10.1. The molecule has 2 rings (SSSR count). The van der Waals surface area contributed by atoms with E-state index >= 15 is 0 Å². The minimum Gasteiger partial charge on any atom is -0.478 e. The summed E-state index contributed by atoms with van der Waals surface area (Å²) in [5, 5.41) is 12.2. The summed E-state index contributed by atoms with van der Waals surface area (Å²) in [4.78, 5) is 27.2. The number of anilines is 1. The maximum atomic E-state index is 11.3. The SMILES string of the molecule is CC(=O)Nc1sc(-c2ccncc2)c(C)c1C(=O)O. The number of thiophene rings is 1. The first-order valence-corrected chi connectivity index (χ1v) is 6.37. The molecule has 0 fully saturated rings. The first-order chi connectivity index (χ1) is 9.00. The van der Waals surface area contributed by atoms with Crippen LogP contribution in [0.1, 0.15) is 22.8 Å². The van der Waals surface area contributed by atoms with Crippen LogP contribution in [0.2, 0.25) is 0 Å². The van der Waals surface area contributed by atoms with Crippen molar-refractivity contribution in [2.45, 2.75) is 13.8 Å². The molecule has 0 aliphatic heterocycles. The minimum atomic E-state index is -1.04. The third-order valence-corrected chi connectivity index (χ3v) is 3.85. The van der Waals surface area contributed by atoms with Crippen LogP contribution in [0.15, 0.2) is 24.5 Å². The molecule has 0 atom stereocenters. The van der Waals surface area contributed by atoms with Gasteiger partial charge in [0.25, 0.3) is 0 Å². The van der Waals surface area contributed by atoms with Crippen molar-refractivity contribution in [2.24, 2.45) is 0 Å². The molecule has 6 heteroatoms. The summed E-state index contributed by atoms with van der Waals surface area (Å²) in [6.45, 7) is 3.09. The maximum Gasteiger partial charge on any atom is 0.339 e. The number of nitrogens with one attached hydrogen (secondary N) is 1. The predicted octanol–water partition coefficient (Wildman–Crippen LogP) is 2.78. The van der Waals surface area contributed by atoms with Crippen LogP contribution in [0.25, 0.3) is 10.4 Å². The summed E-state index contributed by atoms with van der Waals surface area (Å²) in [5.41, 5.74) is 1.68. The van der Waals surface area contributed by atoms with Crippen LogP contribution in [-0.4, -0.2) is 22.0 Å². The normalized spacial score (nSPS) is 10.2. The van der Waals surface area contributed by atoms with E-state index < -0.39 is 5.97 Å². The fourth-order valence-electron chi connectivity index (χ4n) is 1.80. The molecule has 2 aromatic rings. The lowest BCUT2D eigenvalue weighted by Gasteiger charge is -2.00. The molecule has 0 radical (unpaired) electrons. The largest absolute Gasteiger partial charge is 0.478 e. The molecule has 1 amide bonds. The lowest BCUT2D eigenvalue weighted by Crippen LogP contribution is -2.08. The van der Waals surface area contributed by atoms with Crippen molar-refractivity contribution in [2.75, 3.05) is 5.32 Å². The molecule has 0 bridgehead atoms. The Labute approximate surface area is 113 Å². The molecule has 5 nitrogen and oxygen atoms in total. The van der Waals surface area contributed by atoms with Gasteiger partial charge in [-0.2, -0.15) is 0 Å². The molecule has 2 N–H and O–H groups in total. The van der Waals surface area contributed by atoms with E-state index in [0.717, 1.165) is 10.4 Å². The average molecular weight is 276 g/mol. The number of pyridine rings is 1. The van der Waals surface area contributed by atoms with Gasteiger partial charge in [-0.3, -0.25) is 9.78 Å². The monoisotopic (exact) mass is 276 g/mol. The molecule has 0 spiro atoms. The fourth-order valence-corrected chi connectivity index (χ4v) is 3.05. The topological polar surface area (TPSA) is 79.3 Å².